The minimum absolute atomic E-state index is 0.00168. The Hall–Kier alpha value is -3.87. The van der Waals surface area contributed by atoms with Crippen molar-refractivity contribution >= 4 is 50.5 Å². The number of aliphatic hydroxyl groups is 1. The van der Waals surface area contributed by atoms with E-state index in [2.05, 4.69) is 30.1 Å². The van der Waals surface area contributed by atoms with Gasteiger partial charge in [0, 0.05) is 13.2 Å². The zero-order chi connectivity index (χ0) is 38.2. The van der Waals surface area contributed by atoms with Gasteiger partial charge in [-0.1, -0.05) is 20.8 Å². The van der Waals surface area contributed by atoms with E-state index in [4.69, 9.17) is 34.8 Å². The van der Waals surface area contributed by atoms with Crippen molar-refractivity contribution in [3.05, 3.63) is 16.7 Å². The average molecular weight is 721 g/mol. The molecule has 6 N–H and O–H groups in total. The second-order valence-electron chi connectivity index (χ2n) is 16.1. The first-order valence-corrected chi connectivity index (χ1v) is 16.7. The maximum Gasteiger partial charge on any atom is 0.417 e. The number of nitrogens with zero attached hydrogens (tertiary/aromatic N) is 4. The molecule has 18 heteroatoms. The highest BCUT2D eigenvalue weighted by Crippen LogP contribution is 2.50. The number of carbonyl (C=O) groups is 2. The van der Waals surface area contributed by atoms with Crippen molar-refractivity contribution in [3.8, 4) is 0 Å². The Labute approximate surface area is 295 Å². The standard InChI is InChI=1S/C32H52N8O9Si/c1-28(2,3)32(44)18(45-15-13-14-39(27(43)49-31(10,11)12)25(34)38-26(42)48-30(7,8)9)22(46-19(32)23(50)47-29(4,5)6)40-16-35-17-20(40)36-24(33)37-21(17)41/h16,18-19,22,44H,13-15H2,1-12H3,(H2,34,38,42)(H3,33,36,37,41)/t18-,19+,22+,32-/m0/s1. The summed E-state index contributed by atoms with van der Waals surface area (Å²) in [4.78, 5) is 50.1. The molecular formula is C32H52N8O9Si. The monoisotopic (exact) mass is 720 g/mol. The van der Waals surface area contributed by atoms with Gasteiger partial charge in [-0.25, -0.2) is 19.5 Å². The van der Waals surface area contributed by atoms with E-state index in [0.717, 1.165) is 4.90 Å². The van der Waals surface area contributed by atoms with Crippen LogP contribution in [0.3, 0.4) is 0 Å². The Morgan fingerprint density at radius 1 is 1.08 bits per heavy atom. The van der Waals surface area contributed by atoms with Crippen LogP contribution in [0.2, 0.25) is 0 Å². The summed E-state index contributed by atoms with van der Waals surface area (Å²) in [5.74, 6) is -0.700. The summed E-state index contributed by atoms with van der Waals surface area (Å²) < 4.78 is 31.3. The molecule has 1 aliphatic rings. The zero-order valence-electron chi connectivity index (χ0n) is 31.0. The van der Waals surface area contributed by atoms with E-state index in [-0.39, 0.29) is 42.0 Å². The van der Waals surface area contributed by atoms with Gasteiger partial charge in [0.05, 0.1) is 21.8 Å². The number of carbonyl (C=O) groups excluding carboxylic acids is 2. The lowest BCUT2D eigenvalue weighted by Crippen LogP contribution is -2.61. The number of rotatable bonds is 8. The number of hydrogen-bond acceptors (Lipinski definition) is 13. The van der Waals surface area contributed by atoms with Crippen LogP contribution >= 0.6 is 0 Å². The molecule has 17 nitrogen and oxygen atoms in total. The van der Waals surface area contributed by atoms with Gasteiger partial charge in [-0.05, 0) is 74.1 Å². The van der Waals surface area contributed by atoms with E-state index in [0.29, 0.717) is 0 Å². The molecular weight excluding hydrogens is 668 g/mol. The van der Waals surface area contributed by atoms with Crippen LogP contribution in [0.1, 0.15) is 95.7 Å². The molecule has 0 saturated carbocycles. The number of nitrogens with two attached hydrogens (primary N) is 1. The van der Waals surface area contributed by atoms with Crippen LogP contribution in [0, 0.1) is 10.8 Å². The molecule has 1 fully saturated rings. The molecule has 1 aliphatic heterocycles. The fourth-order valence-corrected chi connectivity index (χ4v) is 5.80. The highest BCUT2D eigenvalue weighted by molar-refractivity contribution is 6.36. The molecule has 3 heterocycles. The highest BCUT2D eigenvalue weighted by Gasteiger charge is 2.64. The molecule has 4 atom stereocenters. The first-order valence-electron chi connectivity index (χ1n) is 16.2. The first kappa shape index (κ1) is 40.6. The number of ether oxygens (including phenoxy) is 5. The fourth-order valence-electron chi connectivity index (χ4n) is 5.21. The van der Waals surface area contributed by atoms with Crippen molar-refractivity contribution in [2.45, 2.75) is 130 Å². The summed E-state index contributed by atoms with van der Waals surface area (Å²) in [7, 11) is 3.57. The average Bonchev–Trinajstić information content (AvgIpc) is 3.44. The van der Waals surface area contributed by atoms with Gasteiger partial charge in [-0.15, -0.1) is 0 Å². The predicted molar refractivity (Wildman–Crippen MR) is 187 cm³/mol. The summed E-state index contributed by atoms with van der Waals surface area (Å²) in [6.07, 6.45) is -3.67. The first-order chi connectivity index (χ1) is 22.6. The Morgan fingerprint density at radius 2 is 1.66 bits per heavy atom. The number of H-pyrrole nitrogens is 1. The van der Waals surface area contributed by atoms with Crippen molar-refractivity contribution in [2.75, 3.05) is 18.9 Å². The molecule has 0 bridgehead atoms. The van der Waals surface area contributed by atoms with Crippen molar-refractivity contribution in [2.24, 2.45) is 5.41 Å². The van der Waals surface area contributed by atoms with Gasteiger partial charge in [-0.3, -0.25) is 25.1 Å². The van der Waals surface area contributed by atoms with E-state index in [9.17, 15) is 19.5 Å². The summed E-state index contributed by atoms with van der Waals surface area (Å²) in [5.41, 5.74) is 0.342. The van der Waals surface area contributed by atoms with Gasteiger partial charge < -0.3 is 34.5 Å². The van der Waals surface area contributed by atoms with Gasteiger partial charge in [0.15, 0.2) is 17.4 Å². The van der Waals surface area contributed by atoms with E-state index < -0.39 is 70.0 Å². The molecule has 50 heavy (non-hydrogen) atoms. The van der Waals surface area contributed by atoms with Crippen LogP contribution < -0.4 is 16.6 Å². The summed E-state index contributed by atoms with van der Waals surface area (Å²) in [5, 5.41) is 23.6. The number of anilines is 1. The fraction of sp³-hybridized carbons (Fsp3) is 0.719. The number of aromatic nitrogens is 4. The molecule has 0 aromatic carbocycles. The number of alkyl carbamates (subject to hydrolysis) is 1. The van der Waals surface area contributed by atoms with Crippen LogP contribution in [-0.4, -0.2) is 111 Å². The van der Waals surface area contributed by atoms with E-state index in [1.165, 1.54) is 10.9 Å². The van der Waals surface area contributed by atoms with Crippen molar-refractivity contribution in [3.63, 3.8) is 0 Å². The maximum atomic E-state index is 13.2. The minimum Gasteiger partial charge on any atom is -0.495 e. The summed E-state index contributed by atoms with van der Waals surface area (Å²) in [6.45, 7) is 20.8. The number of fused-ring (bicyclic) bond motifs is 1. The lowest BCUT2D eigenvalue weighted by atomic mass is 9.70. The topological polar surface area (TPSA) is 229 Å². The van der Waals surface area contributed by atoms with Crippen molar-refractivity contribution in [1.82, 2.24) is 29.7 Å². The molecule has 1 saturated heterocycles. The number of nitrogens with one attached hydrogen (secondary N) is 3. The largest absolute Gasteiger partial charge is 0.495 e. The van der Waals surface area contributed by atoms with Gasteiger partial charge in [0.1, 0.15) is 34.4 Å². The van der Waals surface area contributed by atoms with E-state index in [1.807, 2.05) is 41.5 Å². The van der Waals surface area contributed by atoms with Crippen LogP contribution in [0.25, 0.3) is 11.2 Å². The summed E-state index contributed by atoms with van der Waals surface area (Å²) in [6, 6.07) is 0. The number of amides is 2. The van der Waals surface area contributed by atoms with Crippen LogP contribution in [0.15, 0.2) is 11.1 Å². The molecule has 2 aromatic rings. The Balaban J connectivity index is 1.98. The molecule has 278 valence electrons. The molecule has 2 aromatic heterocycles. The number of hydrogen-bond donors (Lipinski definition) is 5. The van der Waals surface area contributed by atoms with Crippen molar-refractivity contribution < 1.29 is 38.4 Å². The van der Waals surface area contributed by atoms with Crippen molar-refractivity contribution in [1.29, 1.82) is 5.41 Å². The van der Waals surface area contributed by atoms with Gasteiger partial charge in [0.2, 0.25) is 11.9 Å². The summed E-state index contributed by atoms with van der Waals surface area (Å²) >= 11 is 0. The van der Waals surface area contributed by atoms with E-state index >= 15 is 0 Å². The van der Waals surface area contributed by atoms with Crippen LogP contribution in [0.4, 0.5) is 15.5 Å². The Bertz CT molecular complexity index is 1650. The second kappa shape index (κ2) is 14.4. The Morgan fingerprint density at radius 3 is 2.20 bits per heavy atom. The molecule has 2 amide bonds. The molecule has 0 aliphatic carbocycles. The number of guanidine groups is 1. The van der Waals surface area contributed by atoms with Gasteiger partial charge in [-0.2, -0.15) is 4.98 Å². The lowest BCUT2D eigenvalue weighted by Gasteiger charge is -2.44. The van der Waals surface area contributed by atoms with Crippen LogP contribution in [-0.2, 0) is 23.7 Å². The molecule has 0 spiro atoms. The second-order valence-corrected chi connectivity index (χ2v) is 16.6. The maximum absolute atomic E-state index is 13.2. The Kier molecular flexibility index (Phi) is 11.7. The van der Waals surface area contributed by atoms with Gasteiger partial charge in [0.25, 0.3) is 5.56 Å². The number of aromatic amines is 1. The minimum atomic E-state index is -1.78. The quantitative estimate of drug-likeness (QED) is 0.115. The van der Waals surface area contributed by atoms with Crippen LogP contribution in [0.5, 0.6) is 0 Å². The molecule has 2 radical (unpaired) electrons. The lowest BCUT2D eigenvalue weighted by molar-refractivity contribution is -0.157. The zero-order valence-corrected chi connectivity index (χ0v) is 32.0. The third kappa shape index (κ3) is 9.67. The van der Waals surface area contributed by atoms with E-state index in [1.54, 1.807) is 41.5 Å². The smallest absolute Gasteiger partial charge is 0.417 e. The predicted octanol–water partition coefficient (Wildman–Crippen LogP) is 2.96. The molecule has 0 unspecified atom stereocenters. The molecule has 3 rings (SSSR count). The third-order valence-corrected chi connectivity index (χ3v) is 7.64. The highest BCUT2D eigenvalue weighted by atomic mass is 28.1. The SMILES string of the molecule is CC(C)(C)OC(=O)NC(=N)N(CCCO[C@H]1[C@H](n2cnc3c(=O)[nH]c(N)nc32)O[C@H](C(=[Si])OC(C)(C)C)[C@]1(O)C(C)(C)C)C(=O)OC(C)(C)C. The normalized spacial score (nSPS) is 21.5. The van der Waals surface area contributed by atoms with Gasteiger partial charge >= 0.3 is 12.2 Å². The number of imidazole rings is 1. The third-order valence-electron chi connectivity index (χ3n) is 7.28. The number of nitrogen functional groups attached to an aromatic ring is 1.